The van der Waals surface area contributed by atoms with Crippen LogP contribution in [-0.2, 0) is 4.74 Å². The van der Waals surface area contributed by atoms with E-state index in [0.29, 0.717) is 24.6 Å². The van der Waals surface area contributed by atoms with Gasteiger partial charge in [0.25, 0.3) is 0 Å². The normalized spacial score (nSPS) is 11.1. The average molecular weight is 410 g/mol. The molecular weight excluding hydrogens is 388 g/mol. The lowest BCUT2D eigenvalue weighted by atomic mass is 10.0. The molecule has 0 aliphatic carbocycles. The number of hydrogen-bond donors (Lipinski definition) is 3. The van der Waals surface area contributed by atoms with E-state index in [1.807, 2.05) is 48.7 Å². The second kappa shape index (κ2) is 8.41. The van der Waals surface area contributed by atoms with E-state index >= 15 is 0 Å². The molecule has 154 valence electrons. The second-order valence-electron chi connectivity index (χ2n) is 7.16. The Hall–Kier alpha value is -3.97. The number of anilines is 3. The monoisotopic (exact) mass is 410 g/mol. The molecule has 0 spiro atoms. The Balaban J connectivity index is 1.51. The molecule has 0 aliphatic heterocycles. The highest BCUT2D eigenvalue weighted by Crippen LogP contribution is 2.31. The van der Waals surface area contributed by atoms with E-state index < -0.39 is 0 Å². The first kappa shape index (κ1) is 19.0. The van der Waals surface area contributed by atoms with Crippen LogP contribution < -0.4 is 10.6 Å². The van der Waals surface area contributed by atoms with Gasteiger partial charge in [0, 0.05) is 37.0 Å². The number of benzene rings is 2. The van der Waals surface area contributed by atoms with E-state index in [-0.39, 0.29) is 0 Å². The summed E-state index contributed by atoms with van der Waals surface area (Å²) in [4.78, 5) is 16.6. The number of fused-ring (bicyclic) bond motifs is 2. The second-order valence-corrected chi connectivity index (χ2v) is 7.16. The van der Waals surface area contributed by atoms with E-state index in [1.54, 1.807) is 13.4 Å². The van der Waals surface area contributed by atoms with Gasteiger partial charge in [-0.3, -0.25) is 4.98 Å². The minimum atomic E-state index is 0.612. The summed E-state index contributed by atoms with van der Waals surface area (Å²) in [5, 5.41) is 7.88. The number of imidazole rings is 1. The van der Waals surface area contributed by atoms with Crippen molar-refractivity contribution < 1.29 is 4.74 Å². The zero-order valence-electron chi connectivity index (χ0n) is 17.1. The smallest absolute Gasteiger partial charge is 0.181 e. The molecule has 0 unspecified atom stereocenters. The van der Waals surface area contributed by atoms with Crippen LogP contribution in [0.1, 0.15) is 0 Å². The third-order valence-electron chi connectivity index (χ3n) is 5.12. The predicted octanol–water partition coefficient (Wildman–Crippen LogP) is 4.98. The van der Waals surface area contributed by atoms with Crippen molar-refractivity contribution in [3.8, 4) is 11.1 Å². The first-order valence-electron chi connectivity index (χ1n) is 10.1. The number of nitrogens with one attached hydrogen (secondary N) is 3. The maximum atomic E-state index is 5.15. The molecule has 0 radical (unpaired) electrons. The van der Waals surface area contributed by atoms with Crippen LogP contribution in [0.5, 0.6) is 0 Å². The maximum absolute atomic E-state index is 5.15. The van der Waals surface area contributed by atoms with Crippen molar-refractivity contribution in [1.29, 1.82) is 0 Å². The van der Waals surface area contributed by atoms with Crippen LogP contribution >= 0.6 is 0 Å². The molecule has 0 fully saturated rings. The summed E-state index contributed by atoms with van der Waals surface area (Å²) in [6.45, 7) is 1.30. The summed E-state index contributed by atoms with van der Waals surface area (Å²) in [7, 11) is 1.69. The van der Waals surface area contributed by atoms with Gasteiger partial charge < -0.3 is 20.4 Å². The van der Waals surface area contributed by atoms with Gasteiger partial charge in [-0.25, -0.2) is 9.97 Å². The summed E-state index contributed by atoms with van der Waals surface area (Å²) in [5.41, 5.74) is 6.63. The largest absolute Gasteiger partial charge is 0.383 e. The summed E-state index contributed by atoms with van der Waals surface area (Å²) >= 11 is 0. The highest BCUT2D eigenvalue weighted by atomic mass is 16.5. The van der Waals surface area contributed by atoms with Crippen LogP contribution in [0.15, 0.2) is 73.2 Å². The molecule has 5 rings (SSSR count). The van der Waals surface area contributed by atoms with Gasteiger partial charge in [0.05, 0.1) is 24.1 Å². The SMILES string of the molecule is COCCNc1cc(Nc2ccc3nccc(-c4ccccc4)c3c2)nc2nc[nH]c12. The Morgan fingerprint density at radius 2 is 1.90 bits per heavy atom. The molecule has 3 N–H and O–H groups in total. The van der Waals surface area contributed by atoms with Gasteiger partial charge in [0.2, 0.25) is 0 Å². The van der Waals surface area contributed by atoms with Crippen molar-refractivity contribution in [2.45, 2.75) is 0 Å². The van der Waals surface area contributed by atoms with Gasteiger partial charge in [0.15, 0.2) is 5.65 Å². The molecular formula is C24H22N6O. The fourth-order valence-electron chi connectivity index (χ4n) is 3.66. The molecule has 31 heavy (non-hydrogen) atoms. The van der Waals surface area contributed by atoms with Crippen molar-refractivity contribution in [1.82, 2.24) is 19.9 Å². The Labute approximate surface area is 179 Å². The van der Waals surface area contributed by atoms with E-state index in [0.717, 1.165) is 38.9 Å². The number of H-pyrrole nitrogens is 1. The van der Waals surface area contributed by atoms with Gasteiger partial charge in [-0.2, -0.15) is 0 Å². The first-order valence-corrected chi connectivity index (χ1v) is 10.1. The van der Waals surface area contributed by atoms with Crippen LogP contribution in [0.2, 0.25) is 0 Å². The highest BCUT2D eigenvalue weighted by molar-refractivity contribution is 5.96. The van der Waals surface area contributed by atoms with Crippen LogP contribution in [0.25, 0.3) is 33.2 Å². The quantitative estimate of drug-likeness (QED) is 0.328. The molecule has 0 aliphatic rings. The number of rotatable bonds is 7. The minimum absolute atomic E-state index is 0.612. The molecule has 2 aromatic carbocycles. The number of pyridine rings is 2. The number of hydrogen-bond acceptors (Lipinski definition) is 6. The molecule has 3 aromatic heterocycles. The first-order chi connectivity index (χ1) is 15.3. The fourth-order valence-corrected chi connectivity index (χ4v) is 3.66. The molecule has 3 heterocycles. The number of methoxy groups -OCH3 is 1. The standard InChI is InChI=1S/C24H22N6O/c1-31-12-11-26-21-14-22(30-24-23(21)27-15-28-24)29-17-7-8-20-19(13-17)18(9-10-25-20)16-5-3-2-4-6-16/h2-10,13-15H,11-12H2,1H3,(H3,26,27,28,29,30). The van der Waals surface area contributed by atoms with Crippen molar-refractivity contribution in [2.24, 2.45) is 0 Å². The number of nitrogens with zero attached hydrogens (tertiary/aromatic N) is 3. The van der Waals surface area contributed by atoms with Crippen LogP contribution in [0.3, 0.4) is 0 Å². The number of ether oxygens (including phenoxy) is 1. The predicted molar refractivity (Wildman–Crippen MR) is 125 cm³/mol. The van der Waals surface area contributed by atoms with Crippen molar-refractivity contribution in [3.05, 3.63) is 73.2 Å². The van der Waals surface area contributed by atoms with Crippen molar-refractivity contribution >= 4 is 39.3 Å². The lowest BCUT2D eigenvalue weighted by Gasteiger charge is -2.12. The highest BCUT2D eigenvalue weighted by Gasteiger charge is 2.10. The minimum Gasteiger partial charge on any atom is -0.383 e. The molecule has 0 saturated heterocycles. The van der Waals surface area contributed by atoms with Gasteiger partial charge in [-0.15, -0.1) is 0 Å². The molecule has 0 amide bonds. The summed E-state index contributed by atoms with van der Waals surface area (Å²) in [5.74, 6) is 0.712. The Morgan fingerprint density at radius 3 is 2.77 bits per heavy atom. The van der Waals surface area contributed by atoms with Crippen molar-refractivity contribution in [3.63, 3.8) is 0 Å². The topological polar surface area (TPSA) is 87.8 Å². The third kappa shape index (κ3) is 3.91. The molecule has 7 heteroatoms. The molecule has 0 saturated carbocycles. The maximum Gasteiger partial charge on any atom is 0.181 e. The van der Waals surface area contributed by atoms with Gasteiger partial charge in [-0.1, -0.05) is 30.3 Å². The average Bonchev–Trinajstić information content (AvgIpc) is 3.28. The van der Waals surface area contributed by atoms with Crippen molar-refractivity contribution in [2.75, 3.05) is 30.9 Å². The Kier molecular flexibility index (Phi) is 5.16. The molecule has 0 bridgehead atoms. The number of aromatic amines is 1. The van der Waals surface area contributed by atoms with Crippen LogP contribution in [0, 0.1) is 0 Å². The van der Waals surface area contributed by atoms with Gasteiger partial charge in [0.1, 0.15) is 11.3 Å². The molecule has 0 atom stereocenters. The van der Waals surface area contributed by atoms with E-state index in [9.17, 15) is 0 Å². The summed E-state index contributed by atoms with van der Waals surface area (Å²) in [6, 6.07) is 20.5. The third-order valence-corrected chi connectivity index (χ3v) is 5.12. The Bertz CT molecular complexity index is 1330. The lowest BCUT2D eigenvalue weighted by Crippen LogP contribution is -2.08. The van der Waals surface area contributed by atoms with E-state index in [1.165, 1.54) is 0 Å². The van der Waals surface area contributed by atoms with E-state index in [2.05, 4.69) is 48.8 Å². The van der Waals surface area contributed by atoms with Crippen LogP contribution in [0.4, 0.5) is 17.2 Å². The summed E-state index contributed by atoms with van der Waals surface area (Å²) in [6.07, 6.45) is 3.50. The summed E-state index contributed by atoms with van der Waals surface area (Å²) < 4.78 is 5.15. The zero-order valence-corrected chi connectivity index (χ0v) is 17.1. The van der Waals surface area contributed by atoms with Gasteiger partial charge >= 0.3 is 0 Å². The van der Waals surface area contributed by atoms with Crippen LogP contribution in [-0.4, -0.2) is 40.2 Å². The lowest BCUT2D eigenvalue weighted by molar-refractivity contribution is 0.211. The van der Waals surface area contributed by atoms with Gasteiger partial charge in [-0.05, 0) is 35.4 Å². The fraction of sp³-hybridized carbons (Fsp3) is 0.125. The molecule has 5 aromatic rings. The number of aromatic nitrogens is 4. The zero-order chi connectivity index (χ0) is 21.0. The Morgan fingerprint density at radius 1 is 1.00 bits per heavy atom. The molecule has 7 nitrogen and oxygen atoms in total. The van der Waals surface area contributed by atoms with E-state index in [4.69, 9.17) is 4.74 Å².